The number of hydrogen-bond acceptors (Lipinski definition) is 4. The molecule has 1 N–H and O–H groups in total. The lowest BCUT2D eigenvalue weighted by Crippen LogP contribution is -1.97. The van der Waals surface area contributed by atoms with Gasteiger partial charge in [-0.3, -0.25) is 10.1 Å². The lowest BCUT2D eigenvalue weighted by atomic mass is 10.3. The Morgan fingerprint density at radius 3 is 2.58 bits per heavy atom. The van der Waals surface area contributed by atoms with Crippen molar-refractivity contribution >= 4 is 28.8 Å². The molecule has 19 heavy (non-hydrogen) atoms. The van der Waals surface area contributed by atoms with E-state index in [4.69, 9.17) is 11.6 Å². The van der Waals surface area contributed by atoms with E-state index in [1.807, 2.05) is 0 Å². The van der Waals surface area contributed by atoms with Gasteiger partial charge in [-0.15, -0.1) is 0 Å². The Morgan fingerprint density at radius 2 is 1.95 bits per heavy atom. The largest absolute Gasteiger partial charge is 0.340 e. The quantitative estimate of drug-likeness (QED) is 0.531. The highest BCUT2D eigenvalue weighted by atomic mass is 35.5. The van der Waals surface area contributed by atoms with Crippen molar-refractivity contribution in [2.75, 3.05) is 5.32 Å². The van der Waals surface area contributed by atoms with Crippen LogP contribution < -0.4 is 5.32 Å². The number of hydrogen-bond donors (Lipinski definition) is 1. The average molecular weight is 286 g/mol. The Labute approximate surface area is 111 Å². The van der Waals surface area contributed by atoms with Crippen LogP contribution in [-0.2, 0) is 0 Å². The second-order valence-corrected chi connectivity index (χ2v) is 3.93. The highest BCUT2D eigenvalue weighted by Crippen LogP contribution is 2.24. The molecule has 2 rings (SSSR count). The molecular formula is C11H6ClF2N3O2. The summed E-state index contributed by atoms with van der Waals surface area (Å²) in [5.74, 6) is -1.97. The van der Waals surface area contributed by atoms with E-state index in [-0.39, 0.29) is 22.3 Å². The molecule has 0 fully saturated rings. The van der Waals surface area contributed by atoms with Gasteiger partial charge in [0.05, 0.1) is 17.1 Å². The molecule has 0 aliphatic heterocycles. The smallest absolute Gasteiger partial charge is 0.276 e. The van der Waals surface area contributed by atoms with Crippen molar-refractivity contribution in [3.05, 3.63) is 57.2 Å². The Morgan fingerprint density at radius 1 is 1.21 bits per heavy atom. The second kappa shape index (κ2) is 5.15. The topological polar surface area (TPSA) is 68.1 Å². The molecule has 98 valence electrons. The molecule has 2 aromatic rings. The van der Waals surface area contributed by atoms with Gasteiger partial charge in [0.15, 0.2) is 11.6 Å². The van der Waals surface area contributed by atoms with Crippen molar-refractivity contribution in [3.63, 3.8) is 0 Å². The third-order valence-electron chi connectivity index (χ3n) is 2.18. The van der Waals surface area contributed by atoms with Crippen LogP contribution in [0.25, 0.3) is 0 Å². The zero-order chi connectivity index (χ0) is 14.0. The zero-order valence-electron chi connectivity index (χ0n) is 9.23. The lowest BCUT2D eigenvalue weighted by Gasteiger charge is -2.06. The number of nitrogens with zero attached hydrogens (tertiary/aromatic N) is 2. The first kappa shape index (κ1) is 13.2. The number of pyridine rings is 1. The maximum Gasteiger partial charge on any atom is 0.276 e. The molecule has 5 nitrogen and oxygen atoms in total. The van der Waals surface area contributed by atoms with E-state index in [1.54, 1.807) is 0 Å². The van der Waals surface area contributed by atoms with Crippen molar-refractivity contribution in [1.82, 2.24) is 4.98 Å². The summed E-state index contributed by atoms with van der Waals surface area (Å²) in [6.45, 7) is 0. The minimum atomic E-state index is -1.04. The fourth-order valence-corrected chi connectivity index (χ4v) is 1.58. The van der Waals surface area contributed by atoms with E-state index in [2.05, 4.69) is 10.3 Å². The van der Waals surface area contributed by atoms with E-state index in [9.17, 15) is 18.9 Å². The molecule has 0 bridgehead atoms. The Kier molecular flexibility index (Phi) is 3.57. The van der Waals surface area contributed by atoms with Crippen LogP contribution >= 0.6 is 11.6 Å². The number of halogens is 3. The van der Waals surface area contributed by atoms with E-state index in [0.717, 1.165) is 24.3 Å². The number of rotatable bonds is 3. The molecule has 1 aromatic heterocycles. The molecule has 0 spiro atoms. The van der Waals surface area contributed by atoms with Gasteiger partial charge in [0, 0.05) is 11.8 Å². The minimum absolute atomic E-state index is 0.0604. The predicted octanol–water partition coefficient (Wildman–Crippen LogP) is 3.67. The van der Waals surface area contributed by atoms with Crippen molar-refractivity contribution in [2.45, 2.75) is 0 Å². The number of nitrogens with one attached hydrogen (secondary N) is 1. The molecular weight excluding hydrogens is 280 g/mol. The molecule has 0 unspecified atom stereocenters. The van der Waals surface area contributed by atoms with Gasteiger partial charge in [0.25, 0.3) is 5.69 Å². The average Bonchev–Trinajstić information content (AvgIpc) is 2.33. The van der Waals surface area contributed by atoms with E-state index >= 15 is 0 Å². The van der Waals surface area contributed by atoms with Gasteiger partial charge < -0.3 is 5.32 Å². The third kappa shape index (κ3) is 3.14. The number of nitro groups is 1. The van der Waals surface area contributed by atoms with Gasteiger partial charge in [0.2, 0.25) is 0 Å². The van der Waals surface area contributed by atoms with Crippen LogP contribution in [-0.4, -0.2) is 9.91 Å². The summed E-state index contributed by atoms with van der Waals surface area (Å²) in [5, 5.41) is 13.2. The fraction of sp³-hybridized carbons (Fsp3) is 0. The van der Waals surface area contributed by atoms with E-state index < -0.39 is 16.6 Å². The van der Waals surface area contributed by atoms with Crippen molar-refractivity contribution in [2.24, 2.45) is 0 Å². The molecule has 1 heterocycles. The van der Waals surface area contributed by atoms with Crippen LogP contribution in [0.2, 0.25) is 5.15 Å². The molecule has 0 saturated heterocycles. The summed E-state index contributed by atoms with van der Waals surface area (Å²) in [7, 11) is 0. The molecule has 0 saturated carbocycles. The van der Waals surface area contributed by atoms with E-state index in [1.165, 1.54) is 6.07 Å². The third-order valence-corrected chi connectivity index (χ3v) is 2.38. The van der Waals surface area contributed by atoms with Crippen LogP contribution in [0.1, 0.15) is 0 Å². The Bertz CT molecular complexity index is 652. The standard InChI is InChI=1S/C11H6ClF2N3O2/c12-10-4-7(17(18)19)5-11(16-10)15-6-1-2-8(13)9(14)3-6/h1-5H,(H,15,16). The number of benzene rings is 1. The first-order chi connectivity index (χ1) is 8.95. The van der Waals surface area contributed by atoms with Gasteiger partial charge in [-0.05, 0) is 12.1 Å². The summed E-state index contributed by atoms with van der Waals surface area (Å²) in [4.78, 5) is 13.8. The SMILES string of the molecule is O=[N+]([O-])c1cc(Cl)nc(Nc2ccc(F)c(F)c2)c1. The van der Waals surface area contributed by atoms with Gasteiger partial charge in [0.1, 0.15) is 11.0 Å². The van der Waals surface area contributed by atoms with Crippen LogP contribution in [0.15, 0.2) is 30.3 Å². The summed E-state index contributed by atoms with van der Waals surface area (Å²) in [6.07, 6.45) is 0. The van der Waals surface area contributed by atoms with Crippen LogP contribution in [0.3, 0.4) is 0 Å². The molecule has 8 heteroatoms. The first-order valence-corrected chi connectivity index (χ1v) is 5.37. The van der Waals surface area contributed by atoms with Crippen LogP contribution in [0.4, 0.5) is 26.0 Å². The van der Waals surface area contributed by atoms with Crippen LogP contribution in [0.5, 0.6) is 0 Å². The van der Waals surface area contributed by atoms with Crippen LogP contribution in [0, 0.1) is 21.7 Å². The van der Waals surface area contributed by atoms with Gasteiger partial charge in [-0.2, -0.15) is 0 Å². The number of anilines is 2. The minimum Gasteiger partial charge on any atom is -0.340 e. The second-order valence-electron chi connectivity index (χ2n) is 3.54. The van der Waals surface area contributed by atoms with Gasteiger partial charge >= 0.3 is 0 Å². The number of aromatic nitrogens is 1. The summed E-state index contributed by atoms with van der Waals surface area (Å²) in [6, 6.07) is 5.32. The first-order valence-electron chi connectivity index (χ1n) is 5.00. The predicted molar refractivity (Wildman–Crippen MR) is 65.5 cm³/mol. The normalized spacial score (nSPS) is 10.3. The van der Waals surface area contributed by atoms with Gasteiger partial charge in [-0.25, -0.2) is 13.8 Å². The molecule has 0 radical (unpaired) electrons. The fourth-order valence-electron chi connectivity index (χ4n) is 1.37. The highest BCUT2D eigenvalue weighted by Gasteiger charge is 2.11. The molecule has 0 atom stereocenters. The van der Waals surface area contributed by atoms with Crippen molar-refractivity contribution < 1.29 is 13.7 Å². The maximum absolute atomic E-state index is 13.0. The Hall–Kier alpha value is -2.28. The summed E-state index contributed by atoms with van der Waals surface area (Å²) in [5.41, 5.74) is -0.0620. The maximum atomic E-state index is 13.0. The lowest BCUT2D eigenvalue weighted by molar-refractivity contribution is -0.384. The molecule has 0 aliphatic carbocycles. The van der Waals surface area contributed by atoms with Gasteiger partial charge in [-0.1, -0.05) is 11.6 Å². The molecule has 0 aliphatic rings. The summed E-state index contributed by atoms with van der Waals surface area (Å²) < 4.78 is 25.7. The monoisotopic (exact) mass is 285 g/mol. The summed E-state index contributed by atoms with van der Waals surface area (Å²) >= 11 is 5.63. The molecule has 0 amide bonds. The zero-order valence-corrected chi connectivity index (χ0v) is 9.99. The Balaban J connectivity index is 2.32. The van der Waals surface area contributed by atoms with Crippen molar-refractivity contribution in [1.29, 1.82) is 0 Å². The highest BCUT2D eigenvalue weighted by molar-refractivity contribution is 6.29. The van der Waals surface area contributed by atoms with Crippen molar-refractivity contribution in [3.8, 4) is 0 Å². The molecule has 1 aromatic carbocycles. The van der Waals surface area contributed by atoms with E-state index in [0.29, 0.717) is 0 Å².